The number of aliphatic carboxylic acids is 1. The average Bonchev–Trinajstić information content (AvgIpc) is 2.37. The van der Waals surface area contributed by atoms with Crippen molar-refractivity contribution in [3.63, 3.8) is 0 Å². The van der Waals surface area contributed by atoms with Gasteiger partial charge in [0, 0.05) is 41.0 Å². The van der Waals surface area contributed by atoms with Crippen LogP contribution in [0.4, 0.5) is 5.69 Å². The maximum atomic E-state index is 11.5. The van der Waals surface area contributed by atoms with Crippen molar-refractivity contribution < 1.29 is 14.7 Å². The number of fused-ring (bicyclic) bond motifs is 1. The molecule has 0 aliphatic rings. The summed E-state index contributed by atoms with van der Waals surface area (Å²) in [6.45, 7) is 0. The number of anilines is 1. The van der Waals surface area contributed by atoms with Crippen molar-refractivity contribution >= 4 is 28.3 Å². The Balaban J connectivity index is 2.27. The fourth-order valence-electron chi connectivity index (χ4n) is 1.55. The highest BCUT2D eigenvalue weighted by Crippen LogP contribution is 2.21. The molecule has 0 atom stereocenters. The molecule has 1 aromatic carbocycles. The van der Waals surface area contributed by atoms with Gasteiger partial charge in [0.05, 0.1) is 0 Å². The highest BCUT2D eigenvalue weighted by molar-refractivity contribution is 6.07. The number of benzene rings is 1. The summed E-state index contributed by atoms with van der Waals surface area (Å²) >= 11 is 0. The minimum Gasteiger partial charge on any atom is -0.478 e. The Kier molecular flexibility index (Phi) is 3.33. The summed E-state index contributed by atoms with van der Waals surface area (Å²) in [5, 5.41) is 12.8. The number of hydrogen-bond acceptors (Lipinski definition) is 3. The lowest BCUT2D eigenvalue weighted by atomic mass is 10.1. The van der Waals surface area contributed by atoms with Crippen LogP contribution in [0.3, 0.4) is 0 Å². The van der Waals surface area contributed by atoms with Gasteiger partial charge in [0.1, 0.15) is 0 Å². The molecule has 18 heavy (non-hydrogen) atoms. The van der Waals surface area contributed by atoms with Crippen molar-refractivity contribution in [3.05, 3.63) is 48.8 Å². The van der Waals surface area contributed by atoms with Gasteiger partial charge in [-0.25, -0.2) is 4.79 Å². The molecule has 5 heteroatoms. The van der Waals surface area contributed by atoms with Gasteiger partial charge in [-0.05, 0) is 12.1 Å². The molecule has 0 spiro atoms. The summed E-state index contributed by atoms with van der Waals surface area (Å²) in [4.78, 5) is 25.8. The quantitative estimate of drug-likeness (QED) is 0.804. The Morgan fingerprint density at radius 2 is 2.06 bits per heavy atom. The molecule has 2 rings (SSSR count). The van der Waals surface area contributed by atoms with Gasteiger partial charge >= 0.3 is 5.97 Å². The molecular formula is C13H10N2O3. The third-order valence-corrected chi connectivity index (χ3v) is 2.32. The SMILES string of the molecule is O=C(O)/C=C/C(=O)Nc1cccc2cnccc12. The van der Waals surface area contributed by atoms with Gasteiger partial charge < -0.3 is 10.4 Å². The number of nitrogens with zero attached hydrogens (tertiary/aromatic N) is 1. The summed E-state index contributed by atoms with van der Waals surface area (Å²) in [6, 6.07) is 7.20. The van der Waals surface area contributed by atoms with Crippen LogP contribution in [0.5, 0.6) is 0 Å². The molecule has 0 radical (unpaired) electrons. The van der Waals surface area contributed by atoms with Gasteiger partial charge in [-0.2, -0.15) is 0 Å². The Bertz CT molecular complexity index is 630. The molecule has 1 amide bonds. The van der Waals surface area contributed by atoms with E-state index >= 15 is 0 Å². The Labute approximate surface area is 103 Å². The monoisotopic (exact) mass is 242 g/mol. The first kappa shape index (κ1) is 11.8. The zero-order valence-corrected chi connectivity index (χ0v) is 9.33. The zero-order valence-electron chi connectivity index (χ0n) is 9.33. The Morgan fingerprint density at radius 3 is 2.83 bits per heavy atom. The van der Waals surface area contributed by atoms with Crippen LogP contribution in [-0.4, -0.2) is 22.0 Å². The zero-order chi connectivity index (χ0) is 13.0. The normalized spacial score (nSPS) is 10.7. The first-order valence-electron chi connectivity index (χ1n) is 5.21. The van der Waals surface area contributed by atoms with Crippen LogP contribution in [0.15, 0.2) is 48.8 Å². The average molecular weight is 242 g/mol. The van der Waals surface area contributed by atoms with E-state index in [2.05, 4.69) is 10.3 Å². The van der Waals surface area contributed by atoms with Crippen LogP contribution in [0.25, 0.3) is 10.8 Å². The maximum Gasteiger partial charge on any atom is 0.328 e. The Hall–Kier alpha value is -2.69. The molecule has 0 aliphatic carbocycles. The third kappa shape index (κ3) is 2.70. The summed E-state index contributed by atoms with van der Waals surface area (Å²) < 4.78 is 0. The van der Waals surface area contributed by atoms with Crippen LogP contribution in [0.1, 0.15) is 0 Å². The number of carboxylic acids is 1. The molecule has 0 aliphatic heterocycles. The van der Waals surface area contributed by atoms with E-state index in [4.69, 9.17) is 5.11 Å². The fraction of sp³-hybridized carbons (Fsp3) is 0. The maximum absolute atomic E-state index is 11.5. The van der Waals surface area contributed by atoms with E-state index in [1.807, 2.05) is 6.07 Å². The van der Waals surface area contributed by atoms with Gasteiger partial charge in [0.25, 0.3) is 0 Å². The minimum atomic E-state index is -1.16. The smallest absolute Gasteiger partial charge is 0.328 e. The molecule has 0 bridgehead atoms. The van der Waals surface area contributed by atoms with Crippen LogP contribution >= 0.6 is 0 Å². The minimum absolute atomic E-state index is 0.485. The lowest BCUT2D eigenvalue weighted by molar-refractivity contribution is -0.131. The predicted octanol–water partition coefficient (Wildman–Crippen LogP) is 1.81. The molecular weight excluding hydrogens is 232 g/mol. The number of aromatic nitrogens is 1. The highest BCUT2D eigenvalue weighted by atomic mass is 16.4. The van der Waals surface area contributed by atoms with Crippen molar-refractivity contribution in [1.82, 2.24) is 4.98 Å². The summed E-state index contributed by atoms with van der Waals surface area (Å²) in [5.74, 6) is -1.64. The fourth-order valence-corrected chi connectivity index (χ4v) is 1.55. The van der Waals surface area contributed by atoms with E-state index in [1.54, 1.807) is 30.6 Å². The first-order chi connectivity index (χ1) is 8.66. The van der Waals surface area contributed by atoms with Gasteiger partial charge in [0.15, 0.2) is 0 Å². The van der Waals surface area contributed by atoms with E-state index in [-0.39, 0.29) is 0 Å². The van der Waals surface area contributed by atoms with Crippen molar-refractivity contribution in [3.8, 4) is 0 Å². The number of pyridine rings is 1. The largest absolute Gasteiger partial charge is 0.478 e. The number of rotatable bonds is 3. The molecule has 2 N–H and O–H groups in total. The van der Waals surface area contributed by atoms with Crippen LogP contribution in [-0.2, 0) is 9.59 Å². The number of carbonyl (C=O) groups excluding carboxylic acids is 1. The summed E-state index contributed by atoms with van der Waals surface area (Å²) in [7, 11) is 0. The lowest BCUT2D eigenvalue weighted by Crippen LogP contribution is -2.09. The number of carbonyl (C=O) groups is 2. The predicted molar refractivity (Wildman–Crippen MR) is 67.1 cm³/mol. The van der Waals surface area contributed by atoms with E-state index in [1.165, 1.54) is 0 Å². The van der Waals surface area contributed by atoms with E-state index in [0.29, 0.717) is 5.69 Å². The third-order valence-electron chi connectivity index (χ3n) is 2.32. The standard InChI is InChI=1S/C13H10N2O3/c16-12(4-5-13(17)18)15-11-3-1-2-9-8-14-7-6-10(9)11/h1-8H,(H,15,16)(H,17,18)/b5-4+. The van der Waals surface area contributed by atoms with E-state index in [9.17, 15) is 9.59 Å². The second-order valence-electron chi connectivity index (χ2n) is 3.56. The van der Waals surface area contributed by atoms with E-state index in [0.717, 1.165) is 22.9 Å². The topological polar surface area (TPSA) is 79.3 Å². The van der Waals surface area contributed by atoms with Gasteiger partial charge in [0.2, 0.25) is 5.91 Å². The number of carboxylic acid groups (broad SMARTS) is 1. The summed E-state index contributed by atoms with van der Waals surface area (Å²) in [6.07, 6.45) is 5.09. The van der Waals surface area contributed by atoms with E-state index < -0.39 is 11.9 Å². The molecule has 1 aromatic heterocycles. The van der Waals surface area contributed by atoms with Crippen LogP contribution in [0.2, 0.25) is 0 Å². The molecule has 1 heterocycles. The number of hydrogen-bond donors (Lipinski definition) is 2. The molecule has 90 valence electrons. The Morgan fingerprint density at radius 1 is 1.22 bits per heavy atom. The van der Waals surface area contributed by atoms with Crippen molar-refractivity contribution in [2.24, 2.45) is 0 Å². The molecule has 0 fully saturated rings. The highest BCUT2D eigenvalue weighted by Gasteiger charge is 2.03. The van der Waals surface area contributed by atoms with Crippen LogP contribution in [0, 0.1) is 0 Å². The second-order valence-corrected chi connectivity index (χ2v) is 3.56. The molecule has 0 unspecified atom stereocenters. The lowest BCUT2D eigenvalue weighted by Gasteiger charge is -2.06. The van der Waals surface area contributed by atoms with Crippen LogP contribution < -0.4 is 5.32 Å². The van der Waals surface area contributed by atoms with Gasteiger partial charge in [-0.15, -0.1) is 0 Å². The van der Waals surface area contributed by atoms with Crippen molar-refractivity contribution in [2.75, 3.05) is 5.32 Å². The summed E-state index contributed by atoms with van der Waals surface area (Å²) in [5.41, 5.74) is 0.620. The van der Waals surface area contributed by atoms with Crippen molar-refractivity contribution in [2.45, 2.75) is 0 Å². The van der Waals surface area contributed by atoms with Gasteiger partial charge in [-0.1, -0.05) is 12.1 Å². The molecule has 2 aromatic rings. The number of amides is 1. The van der Waals surface area contributed by atoms with Crippen molar-refractivity contribution in [1.29, 1.82) is 0 Å². The first-order valence-corrected chi connectivity index (χ1v) is 5.21. The van der Waals surface area contributed by atoms with Gasteiger partial charge in [-0.3, -0.25) is 9.78 Å². The number of nitrogens with one attached hydrogen (secondary N) is 1. The molecule has 0 saturated heterocycles. The molecule has 0 saturated carbocycles. The molecule has 5 nitrogen and oxygen atoms in total. The second kappa shape index (κ2) is 5.09.